The molecule has 0 unspecified atom stereocenters. The van der Waals surface area contributed by atoms with Crippen LogP contribution in [-0.2, 0) is 14.8 Å². The molecule has 2 N–H and O–H groups in total. The van der Waals surface area contributed by atoms with Gasteiger partial charge in [-0.1, -0.05) is 30.3 Å². The molecule has 3 rings (SSSR count). The van der Waals surface area contributed by atoms with E-state index in [1.807, 2.05) is 0 Å². The van der Waals surface area contributed by atoms with Gasteiger partial charge in [-0.15, -0.1) is 0 Å². The smallest absolute Gasteiger partial charge is 0.253 e. The summed E-state index contributed by atoms with van der Waals surface area (Å²) in [4.78, 5) is 14.6. The summed E-state index contributed by atoms with van der Waals surface area (Å²) < 4.78 is 28.9. The van der Waals surface area contributed by atoms with Crippen LogP contribution in [0.5, 0.6) is 0 Å². The molecule has 2 aromatic rings. The second-order valence-corrected chi connectivity index (χ2v) is 7.90. The fraction of sp³-hybridized carbons (Fsp3) is 0.316. The maximum absolute atomic E-state index is 12.7. The first-order valence-electron chi connectivity index (χ1n) is 8.44. The van der Waals surface area contributed by atoms with E-state index >= 15 is 0 Å². The second kappa shape index (κ2) is 7.57. The number of carbonyl (C=O) groups excluding carboxylic acids is 1. The lowest BCUT2D eigenvalue weighted by molar-refractivity contribution is 0.0269. The van der Waals surface area contributed by atoms with Gasteiger partial charge in [-0.2, -0.15) is 0 Å². The van der Waals surface area contributed by atoms with Gasteiger partial charge < -0.3 is 9.64 Å². The molecular weight excluding hydrogens is 352 g/mol. The summed E-state index contributed by atoms with van der Waals surface area (Å²) in [5.74, 6) is -0.0435. The number of hydrogen-bond acceptors (Lipinski definition) is 4. The van der Waals surface area contributed by atoms with E-state index in [1.165, 1.54) is 6.07 Å². The Hall–Kier alpha value is -2.22. The number of nitrogens with two attached hydrogens (primary N) is 1. The molecule has 1 aliphatic heterocycles. The Kier molecular flexibility index (Phi) is 5.41. The average molecular weight is 374 g/mol. The number of ether oxygens (including phenoxy) is 1. The molecule has 0 aliphatic carbocycles. The number of carbonyl (C=O) groups is 1. The molecule has 1 fully saturated rings. The van der Waals surface area contributed by atoms with Gasteiger partial charge in [0, 0.05) is 31.3 Å². The fourth-order valence-corrected chi connectivity index (χ4v) is 4.00. The van der Waals surface area contributed by atoms with E-state index in [1.54, 1.807) is 54.5 Å². The Morgan fingerprint density at radius 1 is 1.15 bits per heavy atom. The molecule has 6 nitrogen and oxygen atoms in total. The van der Waals surface area contributed by atoms with Crippen molar-refractivity contribution in [2.75, 3.05) is 20.2 Å². The Balaban J connectivity index is 1.85. The molecule has 138 valence electrons. The standard InChI is InChI=1S/C19H22N2O4S/c1-25-16-5-4-12-21(13-16)19(22)15-10-8-14(9-11-15)17-6-2-3-7-18(17)26(20,23)24/h2-3,6-11,16H,4-5,12-13H2,1H3,(H2,20,23,24)/t16-/m0/s1. The number of benzene rings is 2. The molecule has 1 amide bonds. The number of hydrogen-bond donors (Lipinski definition) is 1. The number of methoxy groups -OCH3 is 1. The highest BCUT2D eigenvalue weighted by Crippen LogP contribution is 2.27. The topological polar surface area (TPSA) is 89.7 Å². The molecule has 26 heavy (non-hydrogen) atoms. The number of nitrogens with zero attached hydrogens (tertiary/aromatic N) is 1. The summed E-state index contributed by atoms with van der Waals surface area (Å²) in [6.45, 7) is 1.31. The molecule has 2 aromatic carbocycles. The highest BCUT2D eigenvalue weighted by molar-refractivity contribution is 7.89. The SMILES string of the molecule is CO[C@H]1CCCN(C(=O)c2ccc(-c3ccccc3S(N)(=O)=O)cc2)C1. The van der Waals surface area contributed by atoms with Crippen molar-refractivity contribution < 1.29 is 17.9 Å². The third-order valence-electron chi connectivity index (χ3n) is 4.64. The molecule has 1 atom stereocenters. The zero-order chi connectivity index (χ0) is 18.7. The van der Waals surface area contributed by atoms with Crippen LogP contribution in [0.1, 0.15) is 23.2 Å². The van der Waals surface area contributed by atoms with Gasteiger partial charge in [-0.25, -0.2) is 13.6 Å². The van der Waals surface area contributed by atoms with Crippen molar-refractivity contribution in [3.8, 4) is 11.1 Å². The summed E-state index contributed by atoms with van der Waals surface area (Å²) >= 11 is 0. The van der Waals surface area contributed by atoms with Gasteiger partial charge in [0.05, 0.1) is 11.0 Å². The molecule has 0 saturated carbocycles. The summed E-state index contributed by atoms with van der Waals surface area (Å²) in [7, 11) is -2.16. The van der Waals surface area contributed by atoms with Crippen molar-refractivity contribution in [3.63, 3.8) is 0 Å². The lowest BCUT2D eigenvalue weighted by atomic mass is 10.0. The number of primary sulfonamides is 1. The molecule has 0 radical (unpaired) electrons. The highest BCUT2D eigenvalue weighted by atomic mass is 32.2. The van der Waals surface area contributed by atoms with Crippen LogP contribution in [0.15, 0.2) is 53.4 Å². The van der Waals surface area contributed by atoms with E-state index in [-0.39, 0.29) is 16.9 Å². The third-order valence-corrected chi connectivity index (χ3v) is 5.60. The minimum absolute atomic E-state index is 0.0435. The summed E-state index contributed by atoms with van der Waals surface area (Å²) in [5, 5.41) is 5.30. The lowest BCUT2D eigenvalue weighted by Gasteiger charge is -2.32. The summed E-state index contributed by atoms with van der Waals surface area (Å²) in [6, 6.07) is 13.5. The van der Waals surface area contributed by atoms with E-state index in [9.17, 15) is 13.2 Å². The van der Waals surface area contributed by atoms with Crippen molar-refractivity contribution >= 4 is 15.9 Å². The van der Waals surface area contributed by atoms with Gasteiger partial charge in [-0.3, -0.25) is 4.79 Å². The third kappa shape index (κ3) is 3.95. The highest BCUT2D eigenvalue weighted by Gasteiger charge is 2.24. The van der Waals surface area contributed by atoms with Crippen molar-refractivity contribution in [2.45, 2.75) is 23.8 Å². The predicted molar refractivity (Wildman–Crippen MR) is 99.2 cm³/mol. The van der Waals surface area contributed by atoms with Gasteiger partial charge in [0.2, 0.25) is 10.0 Å². The van der Waals surface area contributed by atoms with Gasteiger partial charge in [0.15, 0.2) is 0 Å². The molecule has 1 aliphatic rings. The predicted octanol–water partition coefficient (Wildman–Crippen LogP) is 2.25. The van der Waals surface area contributed by atoms with Crippen molar-refractivity contribution in [2.24, 2.45) is 5.14 Å². The van der Waals surface area contributed by atoms with Crippen molar-refractivity contribution in [3.05, 3.63) is 54.1 Å². The first-order chi connectivity index (χ1) is 12.4. The minimum Gasteiger partial charge on any atom is -0.380 e. The van der Waals surface area contributed by atoms with Gasteiger partial charge >= 0.3 is 0 Å². The quantitative estimate of drug-likeness (QED) is 0.889. The van der Waals surface area contributed by atoms with E-state index < -0.39 is 10.0 Å². The van der Waals surface area contributed by atoms with Crippen LogP contribution in [0.4, 0.5) is 0 Å². The minimum atomic E-state index is -3.82. The van der Waals surface area contributed by atoms with Crippen LogP contribution < -0.4 is 5.14 Å². The first kappa shape index (κ1) is 18.6. The number of likely N-dealkylation sites (tertiary alicyclic amines) is 1. The van der Waals surface area contributed by atoms with Crippen LogP contribution in [-0.4, -0.2) is 45.5 Å². The Morgan fingerprint density at radius 2 is 1.85 bits per heavy atom. The number of rotatable bonds is 4. The van der Waals surface area contributed by atoms with Crippen molar-refractivity contribution in [1.29, 1.82) is 0 Å². The zero-order valence-electron chi connectivity index (χ0n) is 14.6. The number of piperidine rings is 1. The number of amides is 1. The second-order valence-electron chi connectivity index (χ2n) is 6.37. The maximum Gasteiger partial charge on any atom is 0.253 e. The summed E-state index contributed by atoms with van der Waals surface area (Å²) in [5.41, 5.74) is 1.78. The molecule has 1 heterocycles. The first-order valence-corrected chi connectivity index (χ1v) is 9.99. The van der Waals surface area contributed by atoms with Gasteiger partial charge in [-0.05, 0) is 36.6 Å². The molecule has 1 saturated heterocycles. The Bertz CT molecular complexity index is 894. The Morgan fingerprint density at radius 3 is 2.50 bits per heavy atom. The molecule has 0 bridgehead atoms. The zero-order valence-corrected chi connectivity index (χ0v) is 15.4. The fourth-order valence-electron chi connectivity index (χ4n) is 3.24. The molecule has 7 heteroatoms. The van der Waals surface area contributed by atoms with Crippen LogP contribution in [0, 0.1) is 0 Å². The normalized spacial score (nSPS) is 17.9. The number of sulfonamides is 1. The van der Waals surface area contributed by atoms with E-state index in [2.05, 4.69) is 0 Å². The summed E-state index contributed by atoms with van der Waals surface area (Å²) in [6.07, 6.45) is 1.96. The Labute approximate surface area is 153 Å². The van der Waals surface area contributed by atoms with Crippen LogP contribution in [0.25, 0.3) is 11.1 Å². The van der Waals surface area contributed by atoms with E-state index in [4.69, 9.17) is 9.88 Å². The maximum atomic E-state index is 12.7. The van der Waals surface area contributed by atoms with Crippen LogP contribution in [0.2, 0.25) is 0 Å². The van der Waals surface area contributed by atoms with E-state index in [0.717, 1.165) is 12.8 Å². The monoisotopic (exact) mass is 374 g/mol. The molecule has 0 spiro atoms. The van der Waals surface area contributed by atoms with Crippen LogP contribution >= 0.6 is 0 Å². The van der Waals surface area contributed by atoms with Crippen LogP contribution in [0.3, 0.4) is 0 Å². The largest absolute Gasteiger partial charge is 0.380 e. The molecular formula is C19H22N2O4S. The van der Waals surface area contributed by atoms with Crippen molar-refractivity contribution in [1.82, 2.24) is 4.90 Å². The molecule has 0 aromatic heterocycles. The average Bonchev–Trinajstić information content (AvgIpc) is 2.67. The van der Waals surface area contributed by atoms with Gasteiger partial charge in [0.25, 0.3) is 5.91 Å². The van der Waals surface area contributed by atoms with Gasteiger partial charge in [0.1, 0.15) is 0 Å². The van der Waals surface area contributed by atoms with E-state index in [0.29, 0.717) is 29.8 Å². The lowest BCUT2D eigenvalue weighted by Crippen LogP contribution is -2.42.